The molecule has 0 aliphatic carbocycles. The van der Waals surface area contributed by atoms with Gasteiger partial charge in [-0.2, -0.15) is 0 Å². The maximum Gasteiger partial charge on any atom is 0.346 e. The van der Waals surface area contributed by atoms with E-state index in [1.165, 1.54) is 28.3 Å². The number of hydrogen-bond donors (Lipinski definition) is 1. The predicted octanol–water partition coefficient (Wildman–Crippen LogP) is 2.81. The van der Waals surface area contributed by atoms with E-state index in [0.717, 1.165) is 18.2 Å². The molecule has 2 fully saturated rings. The van der Waals surface area contributed by atoms with Crippen molar-refractivity contribution < 1.29 is 38.3 Å². The van der Waals surface area contributed by atoms with Gasteiger partial charge in [-0.15, -0.1) is 23.4 Å². The fourth-order valence-electron chi connectivity index (χ4n) is 4.52. The first-order valence-electron chi connectivity index (χ1n) is 12.9. The third kappa shape index (κ3) is 7.20. The van der Waals surface area contributed by atoms with Crippen molar-refractivity contribution in [3.8, 4) is 0 Å². The van der Waals surface area contributed by atoms with Crippen LogP contribution in [0.2, 0.25) is 0 Å². The molecule has 0 aromatic heterocycles. The minimum Gasteiger partial charge on any atom is -0.466 e. The van der Waals surface area contributed by atoms with Crippen molar-refractivity contribution in [3.63, 3.8) is 0 Å². The van der Waals surface area contributed by atoms with Crippen molar-refractivity contribution in [3.05, 3.63) is 83.4 Å². The van der Waals surface area contributed by atoms with Gasteiger partial charge >= 0.3 is 11.9 Å². The number of amides is 2. The van der Waals surface area contributed by atoms with Crippen LogP contribution in [-0.4, -0.2) is 83.5 Å². The number of hydrogen-bond acceptors (Lipinski definition) is 10. The largest absolute Gasteiger partial charge is 0.466 e. The molecular weight excluding hydrogens is 621 g/mol. The number of β-lactam (4-membered cyclic amide) rings is 1. The molecule has 43 heavy (non-hydrogen) atoms. The number of Topliss-reactive ketones (excluding diaryl/α,β-unsaturated/α-hetero) is 1. The highest BCUT2D eigenvalue weighted by molar-refractivity contribution is 8.00. The topological polar surface area (TPSA) is 141 Å². The average molecular weight is 649 g/mol. The smallest absolute Gasteiger partial charge is 0.346 e. The number of nitrogens with one attached hydrogen (secondary N) is 1. The Labute approximate surface area is 261 Å². The lowest BCUT2D eigenvalue weighted by molar-refractivity contribution is -0.162. The Kier molecular flexibility index (Phi) is 10.8. The van der Waals surface area contributed by atoms with Gasteiger partial charge in [0, 0.05) is 17.8 Å². The number of carbonyl (C=O) groups is 5. The van der Waals surface area contributed by atoms with Crippen LogP contribution in [0.4, 0.5) is 0 Å². The molecule has 0 bridgehead atoms. The number of halogens is 2. The summed E-state index contributed by atoms with van der Waals surface area (Å²) in [6.45, 7) is -0.683. The fraction of sp³-hybridized carbons (Fsp3) is 0.310. The van der Waals surface area contributed by atoms with Crippen LogP contribution in [0.1, 0.15) is 17.2 Å². The number of oxime groups is 1. The number of rotatable bonds is 12. The van der Waals surface area contributed by atoms with Gasteiger partial charge in [-0.05, 0) is 11.1 Å². The van der Waals surface area contributed by atoms with Crippen LogP contribution in [0.3, 0.4) is 0 Å². The molecule has 1 N–H and O–H groups in total. The number of fused-ring (bicyclic) bond motifs is 1. The van der Waals surface area contributed by atoms with E-state index < -0.39 is 70.7 Å². The molecule has 226 valence electrons. The molecule has 2 aliphatic heterocycles. The minimum absolute atomic E-state index is 0.0436. The molecule has 2 aromatic rings. The Hall–Kier alpha value is -3.87. The summed E-state index contributed by atoms with van der Waals surface area (Å²) in [7, 11) is 1.13. The van der Waals surface area contributed by atoms with Crippen LogP contribution in [0.25, 0.3) is 0 Å². The first-order chi connectivity index (χ1) is 20.7. The first-order valence-corrected chi connectivity index (χ1v) is 14.9. The summed E-state index contributed by atoms with van der Waals surface area (Å²) in [5, 5.41) is 5.36. The highest BCUT2D eigenvalue weighted by atomic mass is 35.5. The van der Waals surface area contributed by atoms with Crippen molar-refractivity contribution in [2.24, 2.45) is 10.6 Å². The molecule has 14 heteroatoms. The van der Waals surface area contributed by atoms with E-state index in [9.17, 15) is 24.0 Å². The molecule has 2 aromatic carbocycles. The van der Waals surface area contributed by atoms with Gasteiger partial charge in [0.2, 0.25) is 24.0 Å². The summed E-state index contributed by atoms with van der Waals surface area (Å²) >= 11 is 12.8. The quantitative estimate of drug-likeness (QED) is 0.0919. The molecule has 0 spiro atoms. The molecule has 2 saturated heterocycles. The minimum atomic E-state index is -1.27. The summed E-state index contributed by atoms with van der Waals surface area (Å²) in [6, 6.07) is 17.6. The second-order valence-electron chi connectivity index (χ2n) is 9.52. The number of methoxy groups -OCH3 is 1. The van der Waals surface area contributed by atoms with Crippen molar-refractivity contribution in [1.29, 1.82) is 0 Å². The summed E-state index contributed by atoms with van der Waals surface area (Å²) in [4.78, 5) is 69.4. The molecular formula is C29H27Cl2N3O8S. The van der Waals surface area contributed by atoms with E-state index in [1.54, 1.807) is 0 Å². The lowest BCUT2D eigenvalue weighted by Gasteiger charge is -2.53. The molecule has 2 amide bonds. The van der Waals surface area contributed by atoms with E-state index in [0.29, 0.717) is 0 Å². The Balaban J connectivity index is 1.48. The van der Waals surface area contributed by atoms with E-state index in [-0.39, 0.29) is 12.3 Å². The lowest BCUT2D eigenvalue weighted by Crippen LogP contribution is -2.74. The van der Waals surface area contributed by atoms with Crippen molar-refractivity contribution >= 4 is 70.2 Å². The Morgan fingerprint density at radius 2 is 1.74 bits per heavy atom. The highest BCUT2D eigenvalue weighted by Crippen LogP contribution is 2.44. The fourth-order valence-corrected chi connectivity index (χ4v) is 6.39. The van der Waals surface area contributed by atoms with Crippen molar-refractivity contribution in [2.75, 3.05) is 31.9 Å². The highest BCUT2D eigenvalue weighted by Gasteiger charge is 2.57. The van der Waals surface area contributed by atoms with E-state index in [2.05, 4.69) is 15.2 Å². The molecule has 0 radical (unpaired) electrons. The molecule has 2 aliphatic rings. The van der Waals surface area contributed by atoms with Gasteiger partial charge in [0.05, 0.1) is 13.0 Å². The third-order valence-electron chi connectivity index (χ3n) is 6.78. The number of alkyl halides is 1. The van der Waals surface area contributed by atoms with Gasteiger partial charge in [-0.3, -0.25) is 19.2 Å². The molecule has 3 atom stereocenters. The average Bonchev–Trinajstić information content (AvgIpc) is 3.04. The summed E-state index contributed by atoms with van der Waals surface area (Å²) in [5.74, 6) is -4.10. The maximum atomic E-state index is 13.8. The number of carbonyl (C=O) groups excluding carboxylic acids is 5. The summed E-state index contributed by atoms with van der Waals surface area (Å²) in [6.07, 6.45) is 0.811. The zero-order valence-corrected chi connectivity index (χ0v) is 25.1. The van der Waals surface area contributed by atoms with Crippen LogP contribution in [0.15, 0.2) is 77.4 Å². The number of ether oxygens (including phenoxy) is 2. The van der Waals surface area contributed by atoms with Gasteiger partial charge in [0.1, 0.15) is 16.8 Å². The predicted molar refractivity (Wildman–Crippen MR) is 159 cm³/mol. The third-order valence-corrected chi connectivity index (χ3v) is 8.70. The number of ketones is 1. The maximum absolute atomic E-state index is 13.8. The van der Waals surface area contributed by atoms with Gasteiger partial charge < -0.3 is 24.5 Å². The standard InChI is InChI=1S/C29H27Cl2N3O8S/c1-40-21(36)15-41-33-22(20(35)14-31)25(37)32-23-26(38)34-16-29(12-13-30,17-43-27(23)34)28(39)42-24(18-8-4-2-5-9-18)19-10-6-3-7-11-19/h2-13,23-24,27H,14-17H2,1H3,(H,32,37)/t23?,27-,29?/m1/s1. The van der Waals surface area contributed by atoms with Crippen LogP contribution < -0.4 is 5.32 Å². The van der Waals surface area contributed by atoms with Crippen LogP contribution in [-0.2, 0) is 38.3 Å². The molecule has 2 heterocycles. The van der Waals surface area contributed by atoms with Crippen LogP contribution in [0, 0.1) is 5.41 Å². The molecule has 4 rings (SSSR count). The van der Waals surface area contributed by atoms with Crippen LogP contribution >= 0.6 is 35.0 Å². The van der Waals surface area contributed by atoms with Gasteiger partial charge in [0.25, 0.3) is 5.91 Å². The molecule has 2 unspecified atom stereocenters. The van der Waals surface area contributed by atoms with Gasteiger partial charge in [-0.1, -0.05) is 83.5 Å². The van der Waals surface area contributed by atoms with Crippen molar-refractivity contribution in [2.45, 2.75) is 17.5 Å². The van der Waals surface area contributed by atoms with Gasteiger partial charge in [0.15, 0.2) is 6.10 Å². The number of benzene rings is 2. The van der Waals surface area contributed by atoms with E-state index in [4.69, 9.17) is 32.8 Å². The zero-order valence-electron chi connectivity index (χ0n) is 22.8. The van der Waals surface area contributed by atoms with Crippen LogP contribution in [0.5, 0.6) is 0 Å². The number of esters is 2. The Morgan fingerprint density at radius 1 is 1.12 bits per heavy atom. The summed E-state index contributed by atoms with van der Waals surface area (Å²) in [5.41, 5.74) is 0.798. The number of nitrogens with zero attached hydrogens (tertiary/aromatic N) is 2. The zero-order chi connectivity index (χ0) is 31.0. The SMILES string of the molecule is COC(=O)CON=C(C(=O)CCl)C(=O)NC1C(=O)N2CC(C=CCl)(C(=O)OC(c3ccccc3)c3ccccc3)CS[C@H]12. The molecule has 11 nitrogen and oxygen atoms in total. The normalized spacial score (nSPS) is 21.5. The van der Waals surface area contributed by atoms with E-state index >= 15 is 0 Å². The molecule has 0 saturated carbocycles. The van der Waals surface area contributed by atoms with Crippen molar-refractivity contribution in [1.82, 2.24) is 10.2 Å². The first kappa shape index (κ1) is 32.1. The number of thioether (sulfide) groups is 1. The van der Waals surface area contributed by atoms with Gasteiger partial charge in [-0.25, -0.2) is 4.79 Å². The Morgan fingerprint density at radius 3 is 2.30 bits per heavy atom. The summed E-state index contributed by atoms with van der Waals surface area (Å²) < 4.78 is 10.5. The monoisotopic (exact) mass is 647 g/mol. The van der Waals surface area contributed by atoms with E-state index in [1.807, 2.05) is 60.7 Å². The second-order valence-corrected chi connectivity index (χ2v) is 11.1. The Bertz CT molecular complexity index is 1390. The lowest BCUT2D eigenvalue weighted by atomic mass is 9.87. The second kappa shape index (κ2) is 14.5.